The van der Waals surface area contributed by atoms with Crippen molar-refractivity contribution >= 4 is 33.6 Å². The molecule has 0 radical (unpaired) electrons. The molecule has 5 aromatic rings. The first-order chi connectivity index (χ1) is 15.0. The predicted molar refractivity (Wildman–Crippen MR) is 132 cm³/mol. The number of rotatable bonds is 2. The third-order valence-electron chi connectivity index (χ3n) is 4.95. The zero-order chi connectivity index (χ0) is 21.4. The number of nitrogens with zero attached hydrogens (tertiary/aromatic N) is 2. The van der Waals surface area contributed by atoms with Gasteiger partial charge in [0.15, 0.2) is 0 Å². The number of hydrogen-bond donors (Lipinski definition) is 1. The fraction of sp³-hybridized carbons (Fsp3) is 0.148. The lowest BCUT2D eigenvalue weighted by atomic mass is 10.1. The van der Waals surface area contributed by atoms with E-state index >= 15 is 0 Å². The average molecular weight is 422 g/mol. The highest BCUT2D eigenvalue weighted by atomic mass is 32.1. The van der Waals surface area contributed by atoms with Crippen LogP contribution in [0.4, 0.5) is 5.82 Å². The maximum absolute atomic E-state index is 5.09. The van der Waals surface area contributed by atoms with E-state index in [1.54, 1.807) is 11.3 Å². The van der Waals surface area contributed by atoms with E-state index in [0.717, 1.165) is 37.9 Å². The zero-order valence-electron chi connectivity index (χ0n) is 17.8. The van der Waals surface area contributed by atoms with Gasteiger partial charge in [0.2, 0.25) is 0 Å². The topological polar surface area (TPSA) is 29.3 Å². The van der Waals surface area contributed by atoms with E-state index in [9.17, 15) is 0 Å². The van der Waals surface area contributed by atoms with Crippen molar-refractivity contribution in [3.8, 4) is 22.4 Å². The van der Waals surface area contributed by atoms with Crippen molar-refractivity contribution in [1.82, 2.24) is 9.38 Å². The van der Waals surface area contributed by atoms with Crippen molar-refractivity contribution in [2.45, 2.75) is 26.3 Å². The zero-order valence-corrected chi connectivity index (χ0v) is 18.6. The van der Waals surface area contributed by atoms with Crippen molar-refractivity contribution in [2.24, 2.45) is 0 Å². The second-order valence-electron chi connectivity index (χ2n) is 8.56. The summed E-state index contributed by atoms with van der Waals surface area (Å²) in [6.07, 6.45) is 2.10. The van der Waals surface area contributed by atoms with Gasteiger partial charge >= 0.3 is 0 Å². The highest BCUT2D eigenvalue weighted by Crippen LogP contribution is 2.36. The molecule has 0 spiro atoms. The Hall–Kier alpha value is -3.55. The molecule has 0 atom stereocenters. The number of nitrogens with one attached hydrogen (secondary N) is 1. The van der Waals surface area contributed by atoms with Crippen LogP contribution in [0.3, 0.4) is 0 Å². The normalized spacial score (nSPS) is 11.5. The summed E-state index contributed by atoms with van der Waals surface area (Å²) in [6, 6.07) is 24.8. The first kappa shape index (κ1) is 19.4. The van der Waals surface area contributed by atoms with E-state index in [1.165, 1.54) is 5.39 Å². The second-order valence-corrected chi connectivity index (χ2v) is 9.64. The van der Waals surface area contributed by atoms with Crippen LogP contribution >= 0.6 is 11.3 Å². The van der Waals surface area contributed by atoms with E-state index in [-0.39, 0.29) is 5.54 Å². The second kappa shape index (κ2) is 7.61. The molecular formula is C27H23N3S. The van der Waals surface area contributed by atoms with Crippen LogP contribution < -0.4 is 5.32 Å². The summed E-state index contributed by atoms with van der Waals surface area (Å²) in [4.78, 5) is 7.23. The molecule has 0 aliphatic rings. The van der Waals surface area contributed by atoms with Gasteiger partial charge in [-0.25, -0.2) is 4.98 Å². The van der Waals surface area contributed by atoms with Gasteiger partial charge in [-0.2, -0.15) is 0 Å². The van der Waals surface area contributed by atoms with Gasteiger partial charge in [0.25, 0.3) is 0 Å². The summed E-state index contributed by atoms with van der Waals surface area (Å²) >= 11 is 1.68. The van der Waals surface area contributed by atoms with Crippen molar-refractivity contribution in [3.63, 3.8) is 0 Å². The fourth-order valence-corrected chi connectivity index (χ4v) is 4.45. The first-order valence-corrected chi connectivity index (χ1v) is 11.1. The van der Waals surface area contributed by atoms with E-state index < -0.39 is 0 Å². The molecule has 5 rings (SSSR count). The number of anilines is 1. The van der Waals surface area contributed by atoms with Gasteiger partial charge in [0.05, 0.1) is 9.75 Å². The van der Waals surface area contributed by atoms with E-state index in [1.807, 2.05) is 30.3 Å². The molecule has 0 fully saturated rings. The maximum atomic E-state index is 5.09. The van der Waals surface area contributed by atoms with Crippen LogP contribution in [0.2, 0.25) is 0 Å². The minimum Gasteiger partial charge on any atom is -0.365 e. The SMILES string of the molecule is CC(C)(C)Nc1c(-c2ccc(C#Cc3ccccc3)s2)nc2c3ccccc3ccn12. The summed E-state index contributed by atoms with van der Waals surface area (Å²) in [7, 11) is 0. The molecular weight excluding hydrogens is 398 g/mol. The van der Waals surface area contributed by atoms with Crippen molar-refractivity contribution in [1.29, 1.82) is 0 Å². The summed E-state index contributed by atoms with van der Waals surface area (Å²) in [5.74, 6) is 7.56. The summed E-state index contributed by atoms with van der Waals surface area (Å²) in [5, 5.41) is 6.01. The Morgan fingerprint density at radius 3 is 2.45 bits per heavy atom. The molecule has 0 aliphatic heterocycles. The molecule has 0 aliphatic carbocycles. The minimum atomic E-state index is -0.0937. The summed E-state index contributed by atoms with van der Waals surface area (Å²) < 4.78 is 2.16. The number of thiophene rings is 1. The summed E-state index contributed by atoms with van der Waals surface area (Å²) in [6.45, 7) is 6.51. The smallest absolute Gasteiger partial charge is 0.147 e. The Labute approximate surface area is 186 Å². The molecule has 0 saturated carbocycles. The number of aromatic nitrogens is 2. The monoisotopic (exact) mass is 421 g/mol. The Morgan fingerprint density at radius 2 is 1.65 bits per heavy atom. The minimum absolute atomic E-state index is 0.0937. The molecule has 31 heavy (non-hydrogen) atoms. The predicted octanol–water partition coefficient (Wildman–Crippen LogP) is 6.83. The quantitative estimate of drug-likeness (QED) is 0.317. The van der Waals surface area contributed by atoms with Gasteiger partial charge in [-0.1, -0.05) is 54.3 Å². The van der Waals surface area contributed by atoms with Crippen molar-refractivity contribution in [3.05, 3.63) is 89.4 Å². The van der Waals surface area contributed by atoms with E-state index in [2.05, 4.69) is 91.0 Å². The van der Waals surface area contributed by atoms with Gasteiger partial charge in [-0.05, 0) is 56.5 Å². The Morgan fingerprint density at radius 1 is 0.871 bits per heavy atom. The molecule has 152 valence electrons. The van der Waals surface area contributed by atoms with Crippen molar-refractivity contribution in [2.75, 3.05) is 5.32 Å². The third-order valence-corrected chi connectivity index (χ3v) is 5.96. The van der Waals surface area contributed by atoms with Crippen LogP contribution in [0.5, 0.6) is 0 Å². The number of hydrogen-bond acceptors (Lipinski definition) is 3. The lowest BCUT2D eigenvalue weighted by molar-refractivity contribution is 0.630. The largest absolute Gasteiger partial charge is 0.365 e. The van der Waals surface area contributed by atoms with E-state index in [4.69, 9.17) is 4.98 Å². The maximum Gasteiger partial charge on any atom is 0.147 e. The highest BCUT2D eigenvalue weighted by molar-refractivity contribution is 7.16. The van der Waals surface area contributed by atoms with Gasteiger partial charge in [-0.15, -0.1) is 11.3 Å². The van der Waals surface area contributed by atoms with Crippen LogP contribution in [0, 0.1) is 11.8 Å². The van der Waals surface area contributed by atoms with Crippen LogP contribution in [0.1, 0.15) is 31.2 Å². The first-order valence-electron chi connectivity index (χ1n) is 10.3. The number of imidazole rings is 1. The number of fused-ring (bicyclic) bond motifs is 3. The average Bonchev–Trinajstić information content (AvgIpc) is 3.37. The van der Waals surface area contributed by atoms with Gasteiger partial charge < -0.3 is 5.32 Å². The van der Waals surface area contributed by atoms with Crippen LogP contribution in [-0.2, 0) is 0 Å². The molecule has 4 heteroatoms. The van der Waals surface area contributed by atoms with Gasteiger partial charge in [0, 0.05) is 22.7 Å². The van der Waals surface area contributed by atoms with Crippen LogP contribution in [0.25, 0.3) is 27.0 Å². The van der Waals surface area contributed by atoms with Gasteiger partial charge in [0.1, 0.15) is 17.2 Å². The fourth-order valence-electron chi connectivity index (χ4n) is 3.60. The third kappa shape index (κ3) is 3.93. The number of pyridine rings is 1. The van der Waals surface area contributed by atoms with E-state index in [0.29, 0.717) is 0 Å². The molecule has 0 amide bonds. The molecule has 2 aromatic carbocycles. The highest BCUT2D eigenvalue weighted by Gasteiger charge is 2.21. The van der Waals surface area contributed by atoms with Crippen LogP contribution in [0.15, 0.2) is 79.0 Å². The molecule has 0 unspecified atom stereocenters. The van der Waals surface area contributed by atoms with Gasteiger partial charge in [-0.3, -0.25) is 4.40 Å². The number of benzene rings is 2. The Balaban J connectivity index is 1.64. The molecule has 0 bridgehead atoms. The molecule has 0 saturated heterocycles. The van der Waals surface area contributed by atoms with Crippen molar-refractivity contribution < 1.29 is 0 Å². The lowest BCUT2D eigenvalue weighted by Gasteiger charge is -2.22. The Bertz CT molecular complexity index is 1440. The molecule has 1 N–H and O–H groups in total. The Kier molecular flexibility index (Phi) is 4.77. The van der Waals surface area contributed by atoms with Crippen LogP contribution in [-0.4, -0.2) is 14.9 Å². The summed E-state index contributed by atoms with van der Waals surface area (Å²) in [5.41, 5.74) is 2.85. The molecule has 3 aromatic heterocycles. The molecule has 3 nitrogen and oxygen atoms in total. The standard InChI is InChI=1S/C27H23N3S/c1-27(2,3)29-26-24(28-25-22-12-8-7-11-20(22)17-18-30(25)26)23-16-15-21(31-23)14-13-19-9-5-4-6-10-19/h4-12,15-18,29H,1-3H3. The molecule has 3 heterocycles. The lowest BCUT2D eigenvalue weighted by Crippen LogP contribution is -2.27.